The summed E-state index contributed by atoms with van der Waals surface area (Å²) in [5.41, 5.74) is 0. The second kappa shape index (κ2) is 7.04. The Hall–Kier alpha value is -1.40. The summed E-state index contributed by atoms with van der Waals surface area (Å²) in [5, 5.41) is 12.4. The van der Waals surface area contributed by atoms with Gasteiger partial charge in [0.2, 0.25) is 11.8 Å². The van der Waals surface area contributed by atoms with Crippen molar-refractivity contribution < 1.29 is 19.4 Å². The highest BCUT2D eigenvalue weighted by Crippen LogP contribution is 2.27. The number of nitrogens with one attached hydrogen (secondary N) is 1. The first-order valence-electron chi connectivity index (χ1n) is 7.46. The first-order valence-corrected chi connectivity index (χ1v) is 7.46. The van der Waals surface area contributed by atoms with Gasteiger partial charge in [-0.25, -0.2) is 0 Å². The number of hydrogen-bond acceptors (Lipinski definition) is 4. The number of aliphatic hydroxyl groups excluding tert-OH is 1. The van der Waals surface area contributed by atoms with E-state index in [-0.39, 0.29) is 42.9 Å². The zero-order valence-corrected chi connectivity index (χ0v) is 12.6. The van der Waals surface area contributed by atoms with Crippen LogP contribution in [0.5, 0.6) is 0 Å². The van der Waals surface area contributed by atoms with Gasteiger partial charge in [0.25, 0.3) is 0 Å². The number of hydrogen-bond donors (Lipinski definition) is 2. The van der Waals surface area contributed by atoms with E-state index in [2.05, 4.69) is 5.32 Å². The van der Waals surface area contributed by atoms with Gasteiger partial charge in [0, 0.05) is 20.0 Å². The first-order chi connectivity index (χ1) is 10.0. The molecule has 0 radical (unpaired) electrons. The van der Waals surface area contributed by atoms with Gasteiger partial charge in [0.15, 0.2) is 0 Å². The number of rotatable bonds is 5. The smallest absolute Gasteiger partial charge is 0.224 e. The average Bonchev–Trinajstić information content (AvgIpc) is 2.38. The summed E-state index contributed by atoms with van der Waals surface area (Å²) < 4.78 is 5.70. The Morgan fingerprint density at radius 1 is 1.33 bits per heavy atom. The normalized spacial score (nSPS) is 28.8. The van der Waals surface area contributed by atoms with Gasteiger partial charge in [-0.15, -0.1) is 0 Å². The van der Waals surface area contributed by atoms with Crippen LogP contribution in [0.15, 0.2) is 12.2 Å². The summed E-state index contributed by atoms with van der Waals surface area (Å²) in [6.45, 7) is -0.188. The largest absolute Gasteiger partial charge is 0.394 e. The molecule has 2 N–H and O–H groups in total. The zero-order chi connectivity index (χ0) is 15.4. The molecule has 0 saturated heterocycles. The lowest BCUT2D eigenvalue weighted by Crippen LogP contribution is -2.51. The van der Waals surface area contributed by atoms with Crippen LogP contribution in [-0.4, -0.2) is 60.8 Å². The van der Waals surface area contributed by atoms with Crippen LogP contribution in [0.25, 0.3) is 0 Å². The Labute approximate surface area is 125 Å². The molecule has 1 heterocycles. The Morgan fingerprint density at radius 2 is 2.05 bits per heavy atom. The van der Waals surface area contributed by atoms with Crippen molar-refractivity contribution in [2.75, 3.05) is 20.7 Å². The van der Waals surface area contributed by atoms with Crippen molar-refractivity contribution in [3.63, 3.8) is 0 Å². The second-order valence-electron chi connectivity index (χ2n) is 5.93. The number of ether oxygens (including phenoxy) is 1. The molecule has 0 aromatic carbocycles. The van der Waals surface area contributed by atoms with Gasteiger partial charge in [-0.05, 0) is 12.8 Å². The van der Waals surface area contributed by atoms with Crippen molar-refractivity contribution in [3.05, 3.63) is 12.2 Å². The maximum Gasteiger partial charge on any atom is 0.224 e. The molecule has 2 rings (SSSR count). The average molecular weight is 296 g/mol. The summed E-state index contributed by atoms with van der Waals surface area (Å²) in [5.74, 6) is 0.102. The van der Waals surface area contributed by atoms with Crippen molar-refractivity contribution in [3.8, 4) is 0 Å². The third-order valence-electron chi connectivity index (χ3n) is 4.12. The molecule has 1 saturated carbocycles. The van der Waals surface area contributed by atoms with Crippen LogP contribution in [-0.2, 0) is 14.3 Å². The second-order valence-corrected chi connectivity index (χ2v) is 5.93. The van der Waals surface area contributed by atoms with Crippen LogP contribution < -0.4 is 5.32 Å². The molecule has 0 spiro atoms. The van der Waals surface area contributed by atoms with E-state index in [1.807, 2.05) is 6.08 Å². The van der Waals surface area contributed by atoms with E-state index >= 15 is 0 Å². The highest BCUT2D eigenvalue weighted by molar-refractivity contribution is 5.80. The number of aliphatic hydroxyl groups is 1. The van der Waals surface area contributed by atoms with Crippen LogP contribution in [0.3, 0.4) is 0 Å². The van der Waals surface area contributed by atoms with E-state index in [4.69, 9.17) is 4.74 Å². The molecule has 0 aromatic rings. The molecule has 21 heavy (non-hydrogen) atoms. The molecule has 6 nitrogen and oxygen atoms in total. The van der Waals surface area contributed by atoms with Gasteiger partial charge in [-0.1, -0.05) is 18.6 Å². The van der Waals surface area contributed by atoms with Crippen molar-refractivity contribution in [1.82, 2.24) is 10.2 Å². The van der Waals surface area contributed by atoms with Gasteiger partial charge in [0.1, 0.15) is 6.10 Å². The maximum atomic E-state index is 12.0. The molecule has 1 aliphatic heterocycles. The van der Waals surface area contributed by atoms with Crippen molar-refractivity contribution in [1.29, 1.82) is 0 Å². The summed E-state index contributed by atoms with van der Waals surface area (Å²) in [6, 6.07) is -0.325. The van der Waals surface area contributed by atoms with Crippen molar-refractivity contribution in [2.24, 2.45) is 5.92 Å². The van der Waals surface area contributed by atoms with Crippen LogP contribution in [0.1, 0.15) is 25.7 Å². The minimum absolute atomic E-state index is 0.0285. The predicted molar refractivity (Wildman–Crippen MR) is 77.5 cm³/mol. The van der Waals surface area contributed by atoms with Crippen molar-refractivity contribution in [2.45, 2.75) is 43.9 Å². The van der Waals surface area contributed by atoms with Crippen LogP contribution in [0.4, 0.5) is 0 Å². The van der Waals surface area contributed by atoms with Gasteiger partial charge in [-0.3, -0.25) is 9.59 Å². The van der Waals surface area contributed by atoms with E-state index < -0.39 is 6.10 Å². The standard InChI is InChI=1S/C15H24N2O4/c1-17(2)14(19)8-11-6-7-12(13(9-18)21-11)16-15(20)10-4-3-5-10/h6-7,10-13,18H,3-5,8-9H2,1-2H3,(H,16,20)/t11-,12+,13+/m1/s1. The quantitative estimate of drug-likeness (QED) is 0.704. The molecule has 2 amide bonds. The molecule has 1 fully saturated rings. The van der Waals surface area contributed by atoms with E-state index in [1.165, 1.54) is 4.90 Å². The Bertz CT molecular complexity index is 418. The molecule has 1 aliphatic carbocycles. The number of carbonyl (C=O) groups excluding carboxylic acids is 2. The molecule has 0 unspecified atom stereocenters. The van der Waals surface area contributed by atoms with Gasteiger partial charge >= 0.3 is 0 Å². The fourth-order valence-corrected chi connectivity index (χ4v) is 2.44. The molecule has 2 aliphatic rings. The van der Waals surface area contributed by atoms with E-state index in [9.17, 15) is 14.7 Å². The summed E-state index contributed by atoms with van der Waals surface area (Å²) in [4.78, 5) is 25.2. The molecule has 118 valence electrons. The Balaban J connectivity index is 1.91. The SMILES string of the molecule is CN(C)C(=O)C[C@H]1C=C[C@H](NC(=O)C2CCC2)[C@H](CO)O1. The van der Waals surface area contributed by atoms with Crippen LogP contribution in [0.2, 0.25) is 0 Å². The molecule has 6 heteroatoms. The van der Waals surface area contributed by atoms with E-state index in [1.54, 1.807) is 20.2 Å². The highest BCUT2D eigenvalue weighted by Gasteiger charge is 2.32. The third-order valence-corrected chi connectivity index (χ3v) is 4.12. The molecular formula is C15H24N2O4. The first kappa shape index (κ1) is 16.0. The van der Waals surface area contributed by atoms with Gasteiger partial charge in [-0.2, -0.15) is 0 Å². The van der Waals surface area contributed by atoms with E-state index in [0.29, 0.717) is 0 Å². The number of nitrogens with zero attached hydrogens (tertiary/aromatic N) is 1. The number of amides is 2. The van der Waals surface area contributed by atoms with E-state index in [0.717, 1.165) is 19.3 Å². The highest BCUT2D eigenvalue weighted by atomic mass is 16.5. The van der Waals surface area contributed by atoms with Gasteiger partial charge in [0.05, 0.1) is 25.2 Å². The number of carbonyl (C=O) groups is 2. The lowest BCUT2D eigenvalue weighted by molar-refractivity contribution is -0.135. The fourth-order valence-electron chi connectivity index (χ4n) is 2.44. The summed E-state index contributed by atoms with van der Waals surface area (Å²) in [6.07, 6.45) is 5.98. The summed E-state index contributed by atoms with van der Waals surface area (Å²) in [7, 11) is 3.39. The summed E-state index contributed by atoms with van der Waals surface area (Å²) >= 11 is 0. The molecule has 0 aromatic heterocycles. The fraction of sp³-hybridized carbons (Fsp3) is 0.733. The maximum absolute atomic E-state index is 12.0. The predicted octanol–water partition coefficient (Wildman–Crippen LogP) is 0.0655. The molecule has 3 atom stereocenters. The Morgan fingerprint density at radius 3 is 2.57 bits per heavy atom. The third kappa shape index (κ3) is 4.04. The Kier molecular flexibility index (Phi) is 5.36. The van der Waals surface area contributed by atoms with Crippen molar-refractivity contribution >= 4 is 11.8 Å². The monoisotopic (exact) mass is 296 g/mol. The topological polar surface area (TPSA) is 78.9 Å². The van der Waals surface area contributed by atoms with Crippen LogP contribution >= 0.6 is 0 Å². The lowest BCUT2D eigenvalue weighted by Gasteiger charge is -2.34. The molecule has 0 bridgehead atoms. The minimum atomic E-state index is -0.501. The van der Waals surface area contributed by atoms with Crippen LogP contribution in [0, 0.1) is 5.92 Å². The van der Waals surface area contributed by atoms with Gasteiger partial charge < -0.3 is 20.1 Å². The lowest BCUT2D eigenvalue weighted by atomic mass is 9.84. The minimum Gasteiger partial charge on any atom is -0.394 e. The molecular weight excluding hydrogens is 272 g/mol. The zero-order valence-electron chi connectivity index (χ0n) is 12.6.